The zero-order valence-corrected chi connectivity index (χ0v) is 10.8. The monoisotopic (exact) mass is 255 g/mol. The van der Waals surface area contributed by atoms with Crippen LogP contribution in [0.4, 0.5) is 0 Å². The highest BCUT2D eigenvalue weighted by molar-refractivity contribution is 6.30. The highest BCUT2D eigenvalue weighted by Gasteiger charge is 2.11. The van der Waals surface area contributed by atoms with Gasteiger partial charge in [0.1, 0.15) is 5.84 Å². The fourth-order valence-corrected chi connectivity index (χ4v) is 1.91. The summed E-state index contributed by atoms with van der Waals surface area (Å²) in [6.45, 7) is 4.04. The van der Waals surface area contributed by atoms with Crippen molar-refractivity contribution in [2.45, 2.75) is 32.4 Å². The maximum Gasteiger partial charge on any atom is 0.140 e. The van der Waals surface area contributed by atoms with E-state index in [1.165, 1.54) is 0 Å². The summed E-state index contributed by atoms with van der Waals surface area (Å²) in [6, 6.07) is 7.99. The summed E-state index contributed by atoms with van der Waals surface area (Å²) in [7, 11) is 0. The molecule has 17 heavy (non-hydrogen) atoms. The number of hydrogen-bond donors (Lipinski definition) is 3. The number of amidine groups is 1. The molecule has 0 heterocycles. The predicted octanol–water partition coefficient (Wildman–Crippen LogP) is 2.52. The maximum absolute atomic E-state index is 8.49. The van der Waals surface area contributed by atoms with Crippen LogP contribution in [0, 0.1) is 0 Å². The van der Waals surface area contributed by atoms with Gasteiger partial charge >= 0.3 is 0 Å². The fourth-order valence-electron chi connectivity index (χ4n) is 1.71. The van der Waals surface area contributed by atoms with E-state index in [0.717, 1.165) is 10.6 Å². The summed E-state index contributed by atoms with van der Waals surface area (Å²) >= 11 is 5.93. The first-order chi connectivity index (χ1) is 8.02. The Bertz CT molecular complexity index is 395. The summed E-state index contributed by atoms with van der Waals surface area (Å²) in [6.07, 6.45) is 0.501. The molecule has 0 aromatic heterocycles. The van der Waals surface area contributed by atoms with Gasteiger partial charge in [-0.05, 0) is 31.5 Å². The lowest BCUT2D eigenvalue weighted by Gasteiger charge is -2.20. The van der Waals surface area contributed by atoms with Gasteiger partial charge in [0, 0.05) is 23.5 Å². The van der Waals surface area contributed by atoms with Crippen LogP contribution in [-0.4, -0.2) is 17.1 Å². The van der Waals surface area contributed by atoms with Gasteiger partial charge in [0.2, 0.25) is 0 Å². The molecule has 2 atom stereocenters. The normalized spacial score (nSPS) is 15.6. The maximum atomic E-state index is 8.49. The average molecular weight is 256 g/mol. The van der Waals surface area contributed by atoms with Crippen molar-refractivity contribution in [2.75, 3.05) is 0 Å². The first-order valence-corrected chi connectivity index (χ1v) is 5.88. The molecule has 0 aliphatic rings. The van der Waals surface area contributed by atoms with Gasteiger partial charge in [0.15, 0.2) is 0 Å². The Morgan fingerprint density at radius 1 is 1.53 bits per heavy atom. The molecule has 5 heteroatoms. The van der Waals surface area contributed by atoms with Crippen LogP contribution < -0.4 is 11.1 Å². The van der Waals surface area contributed by atoms with Crippen LogP contribution >= 0.6 is 11.6 Å². The molecular weight excluding hydrogens is 238 g/mol. The number of nitrogens with one attached hydrogen (secondary N) is 1. The first kappa shape index (κ1) is 13.8. The van der Waals surface area contributed by atoms with Crippen molar-refractivity contribution in [1.82, 2.24) is 5.32 Å². The van der Waals surface area contributed by atoms with Crippen LogP contribution in [0.2, 0.25) is 5.02 Å². The molecule has 0 radical (unpaired) electrons. The summed E-state index contributed by atoms with van der Waals surface area (Å²) in [5.74, 6) is 0.225. The Balaban J connectivity index is 2.57. The molecule has 0 saturated carbocycles. The third-order valence-corrected chi connectivity index (χ3v) is 2.76. The van der Waals surface area contributed by atoms with E-state index in [9.17, 15) is 0 Å². The Labute approximate surface area is 106 Å². The van der Waals surface area contributed by atoms with Gasteiger partial charge in [-0.25, -0.2) is 0 Å². The standard InChI is InChI=1S/C12H18ClN3O/c1-8(6-12(14)16-17)15-9(2)10-4-3-5-11(13)7-10/h3-5,7-9,15,17H,6H2,1-2H3,(H2,14,16)/t8?,9-/m0/s1. The van der Waals surface area contributed by atoms with Gasteiger partial charge in [-0.1, -0.05) is 28.9 Å². The molecule has 0 saturated heterocycles. The van der Waals surface area contributed by atoms with Crippen LogP contribution in [-0.2, 0) is 0 Å². The zero-order chi connectivity index (χ0) is 12.8. The SMILES string of the molecule is CC(C/C(N)=N/O)N[C@@H](C)c1cccc(Cl)c1. The van der Waals surface area contributed by atoms with Crippen molar-refractivity contribution in [3.05, 3.63) is 34.9 Å². The smallest absolute Gasteiger partial charge is 0.140 e. The van der Waals surface area contributed by atoms with Crippen LogP contribution in [0.3, 0.4) is 0 Å². The van der Waals surface area contributed by atoms with Gasteiger partial charge < -0.3 is 16.3 Å². The Kier molecular flexibility index (Phi) is 5.25. The second kappa shape index (κ2) is 6.47. The molecule has 4 nitrogen and oxygen atoms in total. The van der Waals surface area contributed by atoms with Crippen molar-refractivity contribution >= 4 is 17.4 Å². The molecule has 0 aliphatic heterocycles. The number of hydrogen-bond acceptors (Lipinski definition) is 3. The zero-order valence-electron chi connectivity index (χ0n) is 10.0. The lowest BCUT2D eigenvalue weighted by Crippen LogP contribution is -2.33. The summed E-state index contributed by atoms with van der Waals surface area (Å²) in [5, 5.41) is 15.5. The summed E-state index contributed by atoms with van der Waals surface area (Å²) < 4.78 is 0. The number of oxime groups is 1. The molecule has 1 unspecified atom stereocenters. The molecule has 0 bridgehead atoms. The van der Waals surface area contributed by atoms with Crippen molar-refractivity contribution < 1.29 is 5.21 Å². The van der Waals surface area contributed by atoms with Crippen molar-refractivity contribution in [1.29, 1.82) is 0 Å². The first-order valence-electron chi connectivity index (χ1n) is 5.51. The van der Waals surface area contributed by atoms with E-state index < -0.39 is 0 Å². The molecule has 1 aromatic carbocycles. The van der Waals surface area contributed by atoms with E-state index >= 15 is 0 Å². The molecule has 1 rings (SSSR count). The van der Waals surface area contributed by atoms with Crippen molar-refractivity contribution in [3.63, 3.8) is 0 Å². The predicted molar refractivity (Wildman–Crippen MR) is 70.5 cm³/mol. The number of benzene rings is 1. The topological polar surface area (TPSA) is 70.6 Å². The second-order valence-corrected chi connectivity index (χ2v) is 4.58. The van der Waals surface area contributed by atoms with Gasteiger partial charge in [0.05, 0.1) is 0 Å². The van der Waals surface area contributed by atoms with Gasteiger partial charge in [0.25, 0.3) is 0 Å². The minimum absolute atomic E-state index is 0.125. The lowest BCUT2D eigenvalue weighted by atomic mass is 10.1. The Hall–Kier alpha value is -1.26. The Morgan fingerprint density at radius 2 is 2.24 bits per heavy atom. The number of halogens is 1. The number of nitrogens with two attached hydrogens (primary N) is 1. The number of rotatable bonds is 5. The van der Waals surface area contributed by atoms with E-state index in [1.54, 1.807) is 0 Å². The highest BCUT2D eigenvalue weighted by atomic mass is 35.5. The number of nitrogens with zero attached hydrogens (tertiary/aromatic N) is 1. The Morgan fingerprint density at radius 3 is 2.82 bits per heavy atom. The van der Waals surface area contributed by atoms with E-state index in [1.807, 2.05) is 31.2 Å². The van der Waals surface area contributed by atoms with E-state index in [4.69, 9.17) is 22.5 Å². The molecule has 0 amide bonds. The molecular formula is C12H18ClN3O. The second-order valence-electron chi connectivity index (χ2n) is 4.14. The average Bonchev–Trinajstić information content (AvgIpc) is 2.28. The molecule has 1 aromatic rings. The minimum Gasteiger partial charge on any atom is -0.409 e. The van der Waals surface area contributed by atoms with E-state index in [2.05, 4.69) is 17.4 Å². The quantitative estimate of drug-likeness (QED) is 0.328. The lowest BCUT2D eigenvalue weighted by molar-refractivity contribution is 0.315. The van der Waals surface area contributed by atoms with E-state index in [0.29, 0.717) is 6.42 Å². The van der Waals surface area contributed by atoms with E-state index in [-0.39, 0.29) is 17.9 Å². The minimum atomic E-state index is 0.125. The van der Waals surface area contributed by atoms with Crippen LogP contribution in [0.5, 0.6) is 0 Å². The summed E-state index contributed by atoms with van der Waals surface area (Å²) in [5.41, 5.74) is 6.57. The van der Waals surface area contributed by atoms with Crippen LogP contribution in [0.1, 0.15) is 31.9 Å². The van der Waals surface area contributed by atoms with Gasteiger partial charge in [-0.3, -0.25) is 0 Å². The van der Waals surface area contributed by atoms with Crippen LogP contribution in [0.25, 0.3) is 0 Å². The van der Waals surface area contributed by atoms with Crippen molar-refractivity contribution in [2.24, 2.45) is 10.9 Å². The molecule has 4 N–H and O–H groups in total. The molecule has 0 aliphatic carbocycles. The van der Waals surface area contributed by atoms with Gasteiger partial charge in [-0.15, -0.1) is 0 Å². The third kappa shape index (κ3) is 4.63. The summed E-state index contributed by atoms with van der Waals surface area (Å²) in [4.78, 5) is 0. The molecule has 0 spiro atoms. The third-order valence-electron chi connectivity index (χ3n) is 2.53. The van der Waals surface area contributed by atoms with Crippen molar-refractivity contribution in [3.8, 4) is 0 Å². The van der Waals surface area contributed by atoms with Crippen LogP contribution in [0.15, 0.2) is 29.4 Å². The van der Waals surface area contributed by atoms with Gasteiger partial charge in [-0.2, -0.15) is 0 Å². The molecule has 94 valence electrons. The molecule has 0 fully saturated rings. The highest BCUT2D eigenvalue weighted by Crippen LogP contribution is 2.18. The fraction of sp³-hybridized carbons (Fsp3) is 0.417. The largest absolute Gasteiger partial charge is 0.409 e.